The van der Waals surface area contributed by atoms with Crippen LogP contribution in [0.2, 0.25) is 0 Å². The number of amides is 1. The molecular formula is C17H24N4O2. The number of ether oxygens (including phenoxy) is 1. The molecule has 2 aromatic rings. The van der Waals surface area contributed by atoms with E-state index >= 15 is 0 Å². The summed E-state index contributed by atoms with van der Waals surface area (Å²) in [6, 6.07) is 9.87. The van der Waals surface area contributed by atoms with Crippen molar-refractivity contribution in [2.24, 2.45) is 0 Å². The standard InChI is InChI=1S/C17H24N4O2/c1-13(14(2)21-9-5-8-20-21)18-12-17(22)19-11-15-6-4-7-16(10-15)23-3/h4-10,13-14,18H,11-12H2,1-3H3,(H,19,22)/t13-,14-/m1/s1. The SMILES string of the molecule is COc1cccc(CNC(=O)CN[C@H](C)[C@@H](C)n2cccn2)c1. The normalized spacial score (nSPS) is 13.3. The van der Waals surface area contributed by atoms with E-state index in [1.54, 1.807) is 13.3 Å². The van der Waals surface area contributed by atoms with Gasteiger partial charge in [-0.2, -0.15) is 5.10 Å². The molecule has 124 valence electrons. The molecule has 2 rings (SSSR count). The highest BCUT2D eigenvalue weighted by atomic mass is 16.5. The summed E-state index contributed by atoms with van der Waals surface area (Å²) in [5.74, 6) is 0.754. The molecule has 0 saturated heterocycles. The second-order valence-corrected chi connectivity index (χ2v) is 5.52. The van der Waals surface area contributed by atoms with Crippen molar-refractivity contribution in [3.05, 3.63) is 48.3 Å². The fourth-order valence-corrected chi connectivity index (χ4v) is 2.22. The van der Waals surface area contributed by atoms with Crippen LogP contribution in [0.5, 0.6) is 5.75 Å². The minimum atomic E-state index is -0.0349. The molecule has 0 spiro atoms. The van der Waals surface area contributed by atoms with Crippen LogP contribution in [-0.4, -0.2) is 35.4 Å². The molecule has 6 nitrogen and oxygen atoms in total. The van der Waals surface area contributed by atoms with Crippen LogP contribution < -0.4 is 15.4 Å². The van der Waals surface area contributed by atoms with Gasteiger partial charge in [-0.05, 0) is 37.6 Å². The van der Waals surface area contributed by atoms with E-state index in [0.717, 1.165) is 11.3 Å². The molecule has 23 heavy (non-hydrogen) atoms. The van der Waals surface area contributed by atoms with Gasteiger partial charge in [0.15, 0.2) is 0 Å². The van der Waals surface area contributed by atoms with E-state index < -0.39 is 0 Å². The minimum Gasteiger partial charge on any atom is -0.497 e. The van der Waals surface area contributed by atoms with Gasteiger partial charge in [-0.3, -0.25) is 9.48 Å². The fourth-order valence-electron chi connectivity index (χ4n) is 2.22. The van der Waals surface area contributed by atoms with E-state index in [4.69, 9.17) is 4.74 Å². The summed E-state index contributed by atoms with van der Waals surface area (Å²) in [7, 11) is 1.63. The Morgan fingerprint density at radius 3 is 2.87 bits per heavy atom. The highest BCUT2D eigenvalue weighted by Crippen LogP contribution is 2.12. The van der Waals surface area contributed by atoms with Gasteiger partial charge in [0.1, 0.15) is 5.75 Å². The number of aromatic nitrogens is 2. The zero-order valence-electron chi connectivity index (χ0n) is 13.8. The Kier molecular flexibility index (Phi) is 6.17. The monoisotopic (exact) mass is 316 g/mol. The number of nitrogens with zero attached hydrogens (tertiary/aromatic N) is 2. The van der Waals surface area contributed by atoms with Crippen molar-refractivity contribution in [2.45, 2.75) is 32.5 Å². The second-order valence-electron chi connectivity index (χ2n) is 5.52. The lowest BCUT2D eigenvalue weighted by Crippen LogP contribution is -2.41. The molecule has 0 saturated carbocycles. The van der Waals surface area contributed by atoms with Gasteiger partial charge in [-0.1, -0.05) is 12.1 Å². The predicted octanol–water partition coefficient (Wildman–Crippen LogP) is 1.75. The summed E-state index contributed by atoms with van der Waals surface area (Å²) in [6.07, 6.45) is 3.68. The van der Waals surface area contributed by atoms with Crippen LogP contribution >= 0.6 is 0 Å². The summed E-state index contributed by atoms with van der Waals surface area (Å²) >= 11 is 0. The number of carbonyl (C=O) groups is 1. The first kappa shape index (κ1) is 17.0. The van der Waals surface area contributed by atoms with Gasteiger partial charge in [0.25, 0.3) is 0 Å². The Labute approximate surface area is 136 Å². The molecule has 2 N–H and O–H groups in total. The molecule has 0 aliphatic carbocycles. The average molecular weight is 316 g/mol. The molecule has 1 heterocycles. The Hall–Kier alpha value is -2.34. The highest BCUT2D eigenvalue weighted by molar-refractivity contribution is 5.78. The van der Waals surface area contributed by atoms with Crippen molar-refractivity contribution in [1.29, 1.82) is 0 Å². The van der Waals surface area contributed by atoms with Gasteiger partial charge in [0.2, 0.25) is 5.91 Å². The average Bonchev–Trinajstić information content (AvgIpc) is 3.11. The lowest BCUT2D eigenvalue weighted by atomic mass is 10.2. The number of nitrogens with one attached hydrogen (secondary N) is 2. The van der Waals surface area contributed by atoms with E-state index in [2.05, 4.69) is 22.7 Å². The summed E-state index contributed by atoms with van der Waals surface area (Å²) in [5, 5.41) is 10.4. The molecule has 1 aromatic heterocycles. The molecule has 1 aromatic carbocycles. The molecular weight excluding hydrogens is 292 g/mol. The van der Waals surface area contributed by atoms with Crippen molar-refractivity contribution in [3.63, 3.8) is 0 Å². The van der Waals surface area contributed by atoms with Crippen molar-refractivity contribution < 1.29 is 9.53 Å². The second kappa shape index (κ2) is 8.33. The van der Waals surface area contributed by atoms with Gasteiger partial charge < -0.3 is 15.4 Å². The molecule has 0 radical (unpaired) electrons. The molecule has 0 bridgehead atoms. The van der Waals surface area contributed by atoms with Crippen molar-refractivity contribution in [3.8, 4) is 5.75 Å². The van der Waals surface area contributed by atoms with Crippen LogP contribution in [0.15, 0.2) is 42.7 Å². The first-order valence-corrected chi connectivity index (χ1v) is 7.72. The smallest absolute Gasteiger partial charge is 0.234 e. The van der Waals surface area contributed by atoms with Gasteiger partial charge in [-0.15, -0.1) is 0 Å². The predicted molar refractivity (Wildman–Crippen MR) is 89.2 cm³/mol. The van der Waals surface area contributed by atoms with Crippen LogP contribution in [0.1, 0.15) is 25.5 Å². The van der Waals surface area contributed by atoms with Crippen molar-refractivity contribution in [2.75, 3.05) is 13.7 Å². The topological polar surface area (TPSA) is 68.2 Å². The van der Waals surface area contributed by atoms with Crippen LogP contribution in [0.4, 0.5) is 0 Å². The summed E-state index contributed by atoms with van der Waals surface area (Å²) in [5.41, 5.74) is 1.01. The Bertz CT molecular complexity index is 613. The zero-order valence-corrected chi connectivity index (χ0v) is 13.8. The number of hydrogen-bond donors (Lipinski definition) is 2. The lowest BCUT2D eigenvalue weighted by Gasteiger charge is -2.21. The molecule has 0 aliphatic rings. The maximum Gasteiger partial charge on any atom is 0.234 e. The molecule has 0 aliphatic heterocycles. The molecule has 6 heteroatoms. The van der Waals surface area contributed by atoms with Gasteiger partial charge in [0.05, 0.1) is 19.7 Å². The van der Waals surface area contributed by atoms with E-state index in [0.29, 0.717) is 6.54 Å². The van der Waals surface area contributed by atoms with Gasteiger partial charge in [-0.25, -0.2) is 0 Å². The third kappa shape index (κ3) is 5.10. The third-order valence-electron chi connectivity index (χ3n) is 3.87. The Morgan fingerprint density at radius 2 is 2.17 bits per heavy atom. The lowest BCUT2D eigenvalue weighted by molar-refractivity contribution is -0.120. The maximum absolute atomic E-state index is 12.0. The van der Waals surface area contributed by atoms with E-state index in [-0.39, 0.29) is 24.5 Å². The van der Waals surface area contributed by atoms with E-state index in [1.165, 1.54) is 0 Å². The first-order chi connectivity index (χ1) is 11.1. The number of benzene rings is 1. The van der Waals surface area contributed by atoms with E-state index in [9.17, 15) is 4.79 Å². The van der Waals surface area contributed by atoms with Crippen LogP contribution in [-0.2, 0) is 11.3 Å². The molecule has 0 unspecified atom stereocenters. The van der Waals surface area contributed by atoms with Gasteiger partial charge >= 0.3 is 0 Å². The van der Waals surface area contributed by atoms with Crippen LogP contribution in [0.3, 0.4) is 0 Å². The number of carbonyl (C=O) groups excluding carboxylic acids is 1. The van der Waals surface area contributed by atoms with Crippen molar-refractivity contribution >= 4 is 5.91 Å². The Morgan fingerprint density at radius 1 is 1.35 bits per heavy atom. The summed E-state index contributed by atoms with van der Waals surface area (Å²) < 4.78 is 7.05. The first-order valence-electron chi connectivity index (χ1n) is 7.72. The van der Waals surface area contributed by atoms with Crippen LogP contribution in [0.25, 0.3) is 0 Å². The number of rotatable bonds is 8. The fraction of sp³-hybridized carbons (Fsp3) is 0.412. The van der Waals surface area contributed by atoms with Gasteiger partial charge in [0, 0.05) is 25.0 Å². The molecule has 0 fully saturated rings. The highest BCUT2D eigenvalue weighted by Gasteiger charge is 2.14. The van der Waals surface area contributed by atoms with Crippen LogP contribution in [0, 0.1) is 0 Å². The quantitative estimate of drug-likeness (QED) is 0.778. The Balaban J connectivity index is 1.74. The largest absolute Gasteiger partial charge is 0.497 e. The minimum absolute atomic E-state index is 0.0349. The van der Waals surface area contributed by atoms with E-state index in [1.807, 2.05) is 48.1 Å². The number of methoxy groups -OCH3 is 1. The summed E-state index contributed by atoms with van der Waals surface area (Å²) in [6.45, 7) is 4.87. The maximum atomic E-state index is 12.0. The zero-order chi connectivity index (χ0) is 16.7. The van der Waals surface area contributed by atoms with Crippen molar-refractivity contribution in [1.82, 2.24) is 20.4 Å². The summed E-state index contributed by atoms with van der Waals surface area (Å²) in [4.78, 5) is 12.0. The number of hydrogen-bond acceptors (Lipinski definition) is 4. The molecule has 2 atom stereocenters. The molecule has 1 amide bonds. The third-order valence-corrected chi connectivity index (χ3v) is 3.87.